The smallest absolute Gasteiger partial charge is 0.407 e. The Labute approximate surface area is 98.8 Å². The number of carbonyl (C=O) groups is 1. The molecular formula is C12H18N2O2. The van der Waals surface area contributed by atoms with E-state index in [0.29, 0.717) is 0 Å². The van der Waals surface area contributed by atoms with E-state index in [4.69, 9.17) is 7.48 Å². The molecule has 1 amide bonds. The first-order valence-corrected chi connectivity index (χ1v) is 5.04. The lowest BCUT2D eigenvalue weighted by Crippen LogP contribution is -2.32. The summed E-state index contributed by atoms with van der Waals surface area (Å²) in [4.78, 5) is 15.5. The SMILES string of the molecule is [2H]C([2H])(NC(=O)OC(C)(C)C)c1ccc(C)cn1. The van der Waals surface area contributed by atoms with E-state index in [1.807, 2.05) is 6.92 Å². The number of alkyl carbamates (subject to hydrolysis) is 1. The summed E-state index contributed by atoms with van der Waals surface area (Å²) in [6.07, 6.45) is 0.735. The van der Waals surface area contributed by atoms with Crippen LogP contribution in [0.25, 0.3) is 0 Å². The van der Waals surface area contributed by atoms with Crippen molar-refractivity contribution in [1.29, 1.82) is 0 Å². The van der Waals surface area contributed by atoms with Crippen LogP contribution in [0.4, 0.5) is 4.79 Å². The van der Waals surface area contributed by atoms with Crippen molar-refractivity contribution in [2.45, 2.75) is 39.8 Å². The van der Waals surface area contributed by atoms with E-state index in [9.17, 15) is 4.79 Å². The van der Waals surface area contributed by atoms with E-state index in [-0.39, 0.29) is 5.69 Å². The molecule has 0 saturated carbocycles. The van der Waals surface area contributed by atoms with Crippen molar-refractivity contribution in [3.63, 3.8) is 0 Å². The van der Waals surface area contributed by atoms with Crippen LogP contribution in [0, 0.1) is 6.92 Å². The number of nitrogens with one attached hydrogen (secondary N) is 1. The number of rotatable bonds is 2. The zero-order chi connectivity index (χ0) is 14.0. The predicted octanol–water partition coefficient (Wildman–Crippen LogP) is 2.41. The molecule has 0 fully saturated rings. The van der Waals surface area contributed by atoms with Gasteiger partial charge in [0, 0.05) is 6.20 Å². The number of aromatic nitrogens is 1. The van der Waals surface area contributed by atoms with E-state index in [1.165, 1.54) is 6.07 Å². The van der Waals surface area contributed by atoms with Gasteiger partial charge >= 0.3 is 6.09 Å². The van der Waals surface area contributed by atoms with Gasteiger partial charge < -0.3 is 10.1 Å². The average molecular weight is 224 g/mol. The third-order valence-electron chi connectivity index (χ3n) is 1.60. The molecule has 4 nitrogen and oxygen atoms in total. The molecule has 88 valence electrons. The molecule has 1 aromatic heterocycles. The first kappa shape index (κ1) is 9.63. The lowest BCUT2D eigenvalue weighted by Gasteiger charge is -2.19. The number of carbonyl (C=O) groups excluding carboxylic acids is 1. The number of ether oxygens (including phenoxy) is 1. The van der Waals surface area contributed by atoms with E-state index in [2.05, 4.69) is 10.3 Å². The van der Waals surface area contributed by atoms with E-state index in [0.717, 1.165) is 5.56 Å². The minimum absolute atomic E-state index is 0.138. The quantitative estimate of drug-likeness (QED) is 0.839. The van der Waals surface area contributed by atoms with Crippen molar-refractivity contribution in [3.8, 4) is 0 Å². The third kappa shape index (κ3) is 4.77. The lowest BCUT2D eigenvalue weighted by molar-refractivity contribution is 0.0523. The van der Waals surface area contributed by atoms with Crippen LogP contribution in [0.15, 0.2) is 18.3 Å². The van der Waals surface area contributed by atoms with Gasteiger partial charge in [0.1, 0.15) is 5.60 Å². The fourth-order valence-corrected chi connectivity index (χ4v) is 0.960. The van der Waals surface area contributed by atoms with Gasteiger partial charge in [0.2, 0.25) is 0 Å². The summed E-state index contributed by atoms with van der Waals surface area (Å²) in [6.45, 7) is 4.94. The topological polar surface area (TPSA) is 51.2 Å². The van der Waals surface area contributed by atoms with Crippen LogP contribution in [-0.2, 0) is 11.2 Å². The number of amides is 1. The number of aryl methyl sites for hydroxylation is 1. The van der Waals surface area contributed by atoms with Gasteiger partial charge in [-0.15, -0.1) is 0 Å². The van der Waals surface area contributed by atoms with E-state index in [1.54, 1.807) is 33.0 Å². The van der Waals surface area contributed by atoms with Gasteiger partial charge in [-0.1, -0.05) is 6.07 Å². The van der Waals surface area contributed by atoms with Crippen molar-refractivity contribution < 1.29 is 12.3 Å². The van der Waals surface area contributed by atoms with Gasteiger partial charge in [-0.3, -0.25) is 4.98 Å². The van der Waals surface area contributed by atoms with Crippen LogP contribution in [0.1, 0.15) is 34.8 Å². The molecule has 1 aromatic rings. The molecule has 0 saturated heterocycles. The molecule has 0 bridgehead atoms. The second-order valence-corrected chi connectivity index (χ2v) is 4.47. The van der Waals surface area contributed by atoms with E-state index >= 15 is 0 Å². The standard InChI is InChI=1S/C12H18N2O2/c1-9-5-6-10(13-7-9)8-14-11(15)16-12(2,3)4/h5-7H,8H2,1-4H3,(H,14,15)/i8D2. The van der Waals surface area contributed by atoms with Gasteiger partial charge in [-0.05, 0) is 39.3 Å². The Hall–Kier alpha value is -1.58. The van der Waals surface area contributed by atoms with Gasteiger partial charge in [0.05, 0.1) is 14.9 Å². The number of hydrogen-bond donors (Lipinski definition) is 1. The minimum Gasteiger partial charge on any atom is -0.444 e. The molecule has 0 aromatic carbocycles. The molecule has 1 rings (SSSR count). The van der Waals surface area contributed by atoms with Gasteiger partial charge in [0.15, 0.2) is 0 Å². The van der Waals surface area contributed by atoms with Gasteiger partial charge in [-0.2, -0.15) is 0 Å². The molecule has 1 heterocycles. The van der Waals surface area contributed by atoms with Crippen LogP contribution in [0.5, 0.6) is 0 Å². The molecule has 0 aliphatic rings. The van der Waals surface area contributed by atoms with Crippen LogP contribution in [0.3, 0.4) is 0 Å². The van der Waals surface area contributed by atoms with Gasteiger partial charge in [0.25, 0.3) is 0 Å². The zero-order valence-corrected chi connectivity index (χ0v) is 10.00. The highest BCUT2D eigenvalue weighted by Gasteiger charge is 2.15. The molecule has 0 spiro atoms. The minimum atomic E-state index is -2.06. The van der Waals surface area contributed by atoms with Crippen molar-refractivity contribution in [1.82, 2.24) is 10.3 Å². The summed E-state index contributed by atoms with van der Waals surface area (Å²) in [5, 5.41) is 2.16. The maximum Gasteiger partial charge on any atom is 0.407 e. The predicted molar refractivity (Wildman–Crippen MR) is 62.0 cm³/mol. The van der Waals surface area contributed by atoms with Gasteiger partial charge in [-0.25, -0.2) is 4.79 Å². The maximum atomic E-state index is 11.5. The Kier molecular flexibility index (Phi) is 2.99. The summed E-state index contributed by atoms with van der Waals surface area (Å²) in [5.41, 5.74) is 0.395. The number of pyridine rings is 1. The first-order valence-electron chi connectivity index (χ1n) is 6.04. The summed E-state index contributed by atoms with van der Waals surface area (Å²) in [7, 11) is 0. The summed E-state index contributed by atoms with van der Waals surface area (Å²) in [6, 6.07) is 3.27. The second-order valence-electron chi connectivity index (χ2n) is 4.47. The molecule has 16 heavy (non-hydrogen) atoms. The Morgan fingerprint density at radius 3 is 2.75 bits per heavy atom. The average Bonchev–Trinajstić information content (AvgIpc) is 2.13. The second kappa shape index (κ2) is 4.96. The molecule has 0 aliphatic carbocycles. The molecule has 0 unspecified atom stereocenters. The first-order chi connectivity index (χ1) is 8.10. The van der Waals surface area contributed by atoms with Crippen LogP contribution >= 0.6 is 0 Å². The molecule has 4 heteroatoms. The highest BCUT2D eigenvalue weighted by molar-refractivity contribution is 5.67. The van der Waals surface area contributed by atoms with Crippen molar-refractivity contribution in [3.05, 3.63) is 29.6 Å². The Bertz CT molecular complexity index is 425. The number of hydrogen-bond acceptors (Lipinski definition) is 3. The summed E-state index contributed by atoms with van der Waals surface area (Å²) in [5.74, 6) is 0. The molecule has 0 atom stereocenters. The van der Waals surface area contributed by atoms with Crippen molar-refractivity contribution in [2.24, 2.45) is 0 Å². The fourth-order valence-electron chi connectivity index (χ4n) is 0.960. The molecule has 1 N–H and O–H groups in total. The third-order valence-corrected chi connectivity index (χ3v) is 1.60. The highest BCUT2D eigenvalue weighted by Crippen LogP contribution is 2.06. The van der Waals surface area contributed by atoms with Crippen LogP contribution in [-0.4, -0.2) is 16.7 Å². The molecule has 0 aliphatic heterocycles. The summed E-state index contributed by atoms with van der Waals surface area (Å²) < 4.78 is 20.5. The molecule has 0 radical (unpaired) electrons. The maximum absolute atomic E-state index is 11.5. The van der Waals surface area contributed by atoms with Crippen LogP contribution in [0.2, 0.25) is 0 Å². The fraction of sp³-hybridized carbons (Fsp3) is 0.500. The summed E-state index contributed by atoms with van der Waals surface area (Å²) >= 11 is 0. The van der Waals surface area contributed by atoms with E-state index < -0.39 is 18.2 Å². The normalized spacial score (nSPS) is 13.8. The zero-order valence-electron chi connectivity index (χ0n) is 12.0. The van der Waals surface area contributed by atoms with Crippen molar-refractivity contribution >= 4 is 6.09 Å². The monoisotopic (exact) mass is 224 g/mol. The molecular weight excluding hydrogens is 204 g/mol. The largest absolute Gasteiger partial charge is 0.444 e. The Balaban J connectivity index is 2.75. The lowest BCUT2D eigenvalue weighted by atomic mass is 10.2. The Morgan fingerprint density at radius 1 is 1.56 bits per heavy atom. The number of nitrogens with zero attached hydrogens (tertiary/aromatic N) is 1. The Morgan fingerprint density at radius 2 is 2.25 bits per heavy atom. The van der Waals surface area contributed by atoms with Crippen LogP contribution < -0.4 is 5.32 Å². The van der Waals surface area contributed by atoms with Crippen molar-refractivity contribution in [2.75, 3.05) is 0 Å². The highest BCUT2D eigenvalue weighted by atomic mass is 16.6.